The van der Waals surface area contributed by atoms with Gasteiger partial charge >= 0.3 is 0 Å². The fourth-order valence-electron chi connectivity index (χ4n) is 26.0. The van der Waals surface area contributed by atoms with Crippen LogP contribution in [-0.4, -0.2) is 13.4 Å². The average Bonchev–Trinajstić information content (AvgIpc) is 1.43. The van der Waals surface area contributed by atoms with E-state index in [1.165, 1.54) is 183 Å². The number of nitrogens with zero attached hydrogens (tertiary/aromatic N) is 4. The van der Waals surface area contributed by atoms with Crippen molar-refractivity contribution < 1.29 is 0 Å². The summed E-state index contributed by atoms with van der Waals surface area (Å²) in [5, 5.41) is 0. The summed E-state index contributed by atoms with van der Waals surface area (Å²) in [7, 11) is 0. The van der Waals surface area contributed by atoms with Crippen LogP contribution in [0.4, 0.5) is 68.2 Å². The first-order chi connectivity index (χ1) is 67.3. The topological polar surface area (TPSA) is 13.0 Å². The number of anilines is 12. The molecule has 4 aliphatic carbocycles. The van der Waals surface area contributed by atoms with Gasteiger partial charge in [0.25, 0.3) is 13.4 Å². The molecule has 2 spiro atoms. The van der Waals surface area contributed by atoms with E-state index in [4.69, 9.17) is 0 Å². The SMILES string of the molecule is CC(C)(C)c1cccc(N2c3cc4c(cc3B3c5ccccc5N(c5cc(C(C)(C)C)cc(C(C)(C)C)c5)c5cc(-c6cccc7c6C6(c8ccccc8-c8ccccc86)c6ccccc6-7)cc2c53)B2c3ccccc3N(c3cc(C(C)(C)C)cc(C(C)(C)C)c3)c3cc(-c5cccc6c5C5(c7ccccc7-c7ccccc75)c5ccccc5-6)cc(c32)N4c2ccc(C(C)(C)C)cc2-c2ccccc2)c1. The lowest BCUT2D eigenvalue weighted by molar-refractivity contribution is 0.568. The van der Waals surface area contributed by atoms with Crippen LogP contribution in [0.3, 0.4) is 0 Å². The van der Waals surface area contributed by atoms with Gasteiger partial charge in [0.05, 0.1) is 16.5 Å². The van der Waals surface area contributed by atoms with E-state index in [2.05, 4.69) is 520 Å². The van der Waals surface area contributed by atoms with Crippen LogP contribution in [0.15, 0.2) is 376 Å². The van der Waals surface area contributed by atoms with E-state index in [1.807, 2.05) is 0 Å². The molecule has 140 heavy (non-hydrogen) atoms. The summed E-state index contributed by atoms with van der Waals surface area (Å²) in [4.78, 5) is 11.0. The maximum absolute atomic E-state index is 2.80. The monoisotopic (exact) mass is 1800 g/mol. The summed E-state index contributed by atoms with van der Waals surface area (Å²) in [5.41, 5.74) is 54.3. The van der Waals surface area contributed by atoms with Crippen molar-refractivity contribution in [1.29, 1.82) is 0 Å². The molecule has 18 aromatic rings. The molecule has 4 heterocycles. The van der Waals surface area contributed by atoms with Gasteiger partial charge in [-0.1, -0.05) is 410 Å². The van der Waals surface area contributed by atoms with E-state index in [1.54, 1.807) is 0 Å². The molecule has 8 aliphatic rings. The molecule has 4 nitrogen and oxygen atoms in total. The molecule has 0 saturated heterocycles. The Morgan fingerprint density at radius 1 is 0.171 bits per heavy atom. The van der Waals surface area contributed by atoms with Gasteiger partial charge in [-0.3, -0.25) is 0 Å². The van der Waals surface area contributed by atoms with Gasteiger partial charge in [-0.15, -0.1) is 0 Å². The lowest BCUT2D eigenvalue weighted by Crippen LogP contribution is -2.65. The summed E-state index contributed by atoms with van der Waals surface area (Å²) in [6.07, 6.45) is 0. The van der Waals surface area contributed by atoms with Crippen LogP contribution in [0.1, 0.15) is 203 Å². The second-order valence-corrected chi connectivity index (χ2v) is 47.1. The zero-order chi connectivity index (χ0) is 95.9. The molecule has 0 fully saturated rings. The second-order valence-electron chi connectivity index (χ2n) is 47.1. The predicted molar refractivity (Wildman–Crippen MR) is 596 cm³/mol. The molecule has 0 aromatic heterocycles. The van der Waals surface area contributed by atoms with Gasteiger partial charge in [0.2, 0.25) is 0 Å². The molecule has 678 valence electrons. The number of fused-ring (bicyclic) bond motifs is 28. The maximum atomic E-state index is 2.80. The van der Waals surface area contributed by atoms with Gasteiger partial charge in [-0.25, -0.2) is 0 Å². The summed E-state index contributed by atoms with van der Waals surface area (Å²) < 4.78 is 0. The molecular formula is C134H116B2N4. The van der Waals surface area contributed by atoms with Crippen LogP contribution in [0.25, 0.3) is 77.9 Å². The molecule has 6 heteroatoms. The smallest absolute Gasteiger partial charge is 0.252 e. The highest BCUT2D eigenvalue weighted by atomic mass is 15.2. The molecule has 0 unspecified atom stereocenters. The molecule has 0 amide bonds. The maximum Gasteiger partial charge on any atom is 0.252 e. The largest absolute Gasteiger partial charge is 0.311 e. The van der Waals surface area contributed by atoms with Crippen LogP contribution in [0, 0.1) is 0 Å². The average molecular weight is 1800 g/mol. The van der Waals surface area contributed by atoms with Crippen molar-refractivity contribution in [3.8, 4) is 77.9 Å². The number of para-hydroxylation sites is 2. The highest BCUT2D eigenvalue weighted by Gasteiger charge is 2.57. The first kappa shape index (κ1) is 85.7. The Kier molecular flexibility index (Phi) is 18.3. The minimum Gasteiger partial charge on any atom is -0.311 e. The fraction of sp³-hybridized carbons (Fsp3) is 0.194. The molecule has 4 aliphatic heterocycles. The highest BCUT2D eigenvalue weighted by molar-refractivity contribution is 7.03. The van der Waals surface area contributed by atoms with Crippen molar-refractivity contribution >= 4 is 114 Å². The van der Waals surface area contributed by atoms with Gasteiger partial charge in [0, 0.05) is 68.1 Å². The lowest BCUT2D eigenvalue weighted by atomic mass is 9.30. The summed E-state index contributed by atoms with van der Waals surface area (Å²) in [5.74, 6) is 0. The Morgan fingerprint density at radius 3 is 0.857 bits per heavy atom. The normalized spacial score (nSPS) is 14.8. The van der Waals surface area contributed by atoms with Gasteiger partial charge in [-0.05, 0) is 306 Å². The Balaban J connectivity index is 0.827. The predicted octanol–water partition coefficient (Wildman–Crippen LogP) is 31.3. The molecule has 0 bridgehead atoms. The molecule has 26 rings (SSSR count). The lowest BCUT2D eigenvalue weighted by Gasteiger charge is -2.48. The zero-order valence-corrected chi connectivity index (χ0v) is 83.7. The van der Waals surface area contributed by atoms with Crippen molar-refractivity contribution in [3.63, 3.8) is 0 Å². The van der Waals surface area contributed by atoms with Gasteiger partial charge in [0.1, 0.15) is 0 Å². The number of benzene rings is 18. The third-order valence-electron chi connectivity index (χ3n) is 32.7. The van der Waals surface area contributed by atoms with Crippen molar-refractivity contribution in [1.82, 2.24) is 0 Å². The molecular weight excluding hydrogens is 1690 g/mol. The minimum atomic E-state index is -0.667. The number of hydrogen-bond donors (Lipinski definition) is 0. The Hall–Kier alpha value is -14.7. The molecule has 0 radical (unpaired) electrons. The summed E-state index contributed by atoms with van der Waals surface area (Å²) >= 11 is 0. The van der Waals surface area contributed by atoms with Gasteiger partial charge < -0.3 is 19.6 Å². The Bertz CT molecular complexity index is 8170. The molecule has 18 aromatic carbocycles. The quantitative estimate of drug-likeness (QED) is 0.147. The van der Waals surface area contributed by atoms with Crippen LogP contribution in [-0.2, 0) is 43.3 Å². The molecule has 0 saturated carbocycles. The van der Waals surface area contributed by atoms with E-state index in [0.717, 1.165) is 73.4 Å². The van der Waals surface area contributed by atoms with Crippen molar-refractivity contribution in [2.24, 2.45) is 0 Å². The number of rotatable bonds is 7. The first-order valence-corrected chi connectivity index (χ1v) is 50.7. The van der Waals surface area contributed by atoms with Crippen molar-refractivity contribution in [2.75, 3.05) is 19.6 Å². The van der Waals surface area contributed by atoms with Crippen molar-refractivity contribution in [2.45, 2.75) is 168 Å². The van der Waals surface area contributed by atoms with E-state index >= 15 is 0 Å². The van der Waals surface area contributed by atoms with Crippen LogP contribution >= 0.6 is 0 Å². The standard InChI is InChI=1S/C134H116B2N4/c1-127(2,3)84-43-38-44-90(73-84)137-117-80-118-113(79-112(117)135-110-61-34-36-63-115(110)138(91-74-86(129(7,8)9)71-87(75-91)130(10,11)12)120-68-82(67-119(137)125(120)135)93-51-39-53-101-99-49-26-32-59-108(99)133(123(93)101)104-55-28-22-45-95(104)96-46-23-29-56-105(96)133)136-111-62-35-37-64-116(111)139(92-76-88(131(13,14)15)72-89(77-92)132(16,17)18)121-69-83(70-122(126(121)136)140(118)114-66-65-85(128(4,5)6)78-103(114)81-41-20-19-21-42-81)94-52-40-54-102-100-50-27-33-60-109(100)134(124(94)102)106-57-30-24-47-97(106)98-48-25-31-58-107(98)134/h19-80H,1-18H3. The van der Waals surface area contributed by atoms with E-state index in [9.17, 15) is 0 Å². The zero-order valence-electron chi connectivity index (χ0n) is 83.7. The van der Waals surface area contributed by atoms with Gasteiger partial charge in [0.15, 0.2) is 0 Å². The Morgan fingerprint density at radius 2 is 0.471 bits per heavy atom. The first-order valence-electron chi connectivity index (χ1n) is 50.7. The summed E-state index contributed by atoms with van der Waals surface area (Å²) in [6.45, 7) is 42.4. The minimum absolute atomic E-state index is 0.193. The Labute approximate surface area is 828 Å². The second kappa shape index (κ2) is 29.9. The third kappa shape index (κ3) is 12.2. The van der Waals surface area contributed by atoms with Gasteiger partial charge in [-0.2, -0.15) is 0 Å². The molecule has 0 atom stereocenters. The van der Waals surface area contributed by atoms with Crippen LogP contribution in [0.2, 0.25) is 0 Å². The fourth-order valence-corrected chi connectivity index (χ4v) is 26.0. The van der Waals surface area contributed by atoms with Crippen molar-refractivity contribution in [3.05, 3.63) is 454 Å². The van der Waals surface area contributed by atoms with E-state index in [0.29, 0.717) is 0 Å². The van der Waals surface area contributed by atoms with Crippen LogP contribution in [0.5, 0.6) is 0 Å². The van der Waals surface area contributed by atoms with Crippen LogP contribution < -0.4 is 52.4 Å². The highest BCUT2D eigenvalue weighted by Crippen LogP contribution is 2.68. The summed E-state index contributed by atoms with van der Waals surface area (Å²) in [6, 6.07) is 150. The van der Waals surface area contributed by atoms with E-state index < -0.39 is 10.8 Å². The van der Waals surface area contributed by atoms with E-state index in [-0.39, 0.29) is 45.9 Å². The molecule has 0 N–H and O–H groups in total. The third-order valence-corrected chi connectivity index (χ3v) is 32.7. The number of hydrogen-bond acceptors (Lipinski definition) is 4.